The number of amides is 2. The minimum absolute atomic E-state index is 0.255. The van der Waals surface area contributed by atoms with Gasteiger partial charge in [0, 0.05) is 0 Å². The van der Waals surface area contributed by atoms with Crippen LogP contribution in [0.1, 0.15) is 26.2 Å². The minimum atomic E-state index is -1.51. The third kappa shape index (κ3) is 8.45. The lowest BCUT2D eigenvalue weighted by Gasteiger charge is -1.97. The fraction of sp³-hybridized carbons (Fsp3) is 0.714. The zero-order valence-electron chi connectivity index (χ0n) is 7.39. The van der Waals surface area contributed by atoms with E-state index >= 15 is 0 Å². The highest BCUT2D eigenvalue weighted by Crippen LogP contribution is 1.95. The highest BCUT2D eigenvalue weighted by Gasteiger charge is 1.99. The van der Waals surface area contributed by atoms with Gasteiger partial charge in [-0.2, -0.15) is 0 Å². The standard InChI is InChI=1S/C7H12N2O4/c1-2-3-4-5-13-7(12)9-8-6(10)11/h2-5H2,1H3,(H,10,11). The second-order valence-electron chi connectivity index (χ2n) is 2.30. The minimum Gasteiger partial charge on any atom is -0.462 e. The molecule has 0 aromatic carbocycles. The molecule has 0 unspecified atom stereocenters. The van der Waals surface area contributed by atoms with E-state index in [0.717, 1.165) is 19.3 Å². The van der Waals surface area contributed by atoms with Gasteiger partial charge >= 0.3 is 12.2 Å². The summed E-state index contributed by atoms with van der Waals surface area (Å²) in [5.74, 6) is 0. The maximum Gasteiger partial charge on any atom is 0.452 e. The maximum atomic E-state index is 10.6. The van der Waals surface area contributed by atoms with Crippen LogP contribution in [0.4, 0.5) is 9.59 Å². The van der Waals surface area contributed by atoms with Crippen LogP contribution in [0.5, 0.6) is 0 Å². The first-order chi connectivity index (χ1) is 6.16. The summed E-state index contributed by atoms with van der Waals surface area (Å²) in [6.45, 7) is 2.28. The van der Waals surface area contributed by atoms with Crippen LogP contribution in [0.25, 0.3) is 0 Å². The van der Waals surface area contributed by atoms with E-state index in [9.17, 15) is 9.59 Å². The number of carbonyl (C=O) groups excluding carboxylic acids is 1. The summed E-state index contributed by atoms with van der Waals surface area (Å²) < 4.78 is 4.53. The molecule has 0 aliphatic rings. The number of hydrogen-bond donors (Lipinski definition) is 1. The van der Waals surface area contributed by atoms with Crippen molar-refractivity contribution in [2.75, 3.05) is 6.61 Å². The van der Waals surface area contributed by atoms with Crippen LogP contribution in [0.15, 0.2) is 10.2 Å². The summed E-state index contributed by atoms with van der Waals surface area (Å²) in [4.78, 5) is 20.4. The Morgan fingerprint density at radius 3 is 2.54 bits per heavy atom. The number of carboxylic acid groups (broad SMARTS) is 1. The van der Waals surface area contributed by atoms with Crippen LogP contribution < -0.4 is 0 Å². The van der Waals surface area contributed by atoms with E-state index in [1.807, 2.05) is 6.92 Å². The summed E-state index contributed by atoms with van der Waals surface area (Å²) in [7, 11) is 0. The van der Waals surface area contributed by atoms with Crippen LogP contribution in [-0.2, 0) is 4.74 Å². The number of hydrogen-bond acceptors (Lipinski definition) is 3. The average molecular weight is 188 g/mol. The summed E-state index contributed by atoms with van der Waals surface area (Å²) >= 11 is 0. The first-order valence-electron chi connectivity index (χ1n) is 3.98. The molecular weight excluding hydrogens is 176 g/mol. The Morgan fingerprint density at radius 2 is 2.00 bits per heavy atom. The molecule has 2 amide bonds. The first-order valence-corrected chi connectivity index (χ1v) is 3.98. The molecule has 0 radical (unpaired) electrons. The predicted molar refractivity (Wildman–Crippen MR) is 43.8 cm³/mol. The smallest absolute Gasteiger partial charge is 0.452 e. The largest absolute Gasteiger partial charge is 0.462 e. The van der Waals surface area contributed by atoms with Crippen molar-refractivity contribution in [3.63, 3.8) is 0 Å². The van der Waals surface area contributed by atoms with Crippen molar-refractivity contribution in [2.24, 2.45) is 10.2 Å². The topological polar surface area (TPSA) is 88.3 Å². The van der Waals surface area contributed by atoms with Gasteiger partial charge in [0.25, 0.3) is 0 Å². The van der Waals surface area contributed by atoms with E-state index in [-0.39, 0.29) is 6.61 Å². The van der Waals surface area contributed by atoms with Gasteiger partial charge in [0.1, 0.15) is 0 Å². The van der Waals surface area contributed by atoms with Crippen molar-refractivity contribution in [1.29, 1.82) is 0 Å². The Morgan fingerprint density at radius 1 is 1.31 bits per heavy atom. The van der Waals surface area contributed by atoms with Gasteiger partial charge in [0.2, 0.25) is 0 Å². The zero-order valence-corrected chi connectivity index (χ0v) is 7.39. The molecule has 0 rings (SSSR count). The molecule has 1 N–H and O–H groups in total. The monoisotopic (exact) mass is 188 g/mol. The molecule has 0 atom stereocenters. The average Bonchev–Trinajstić information content (AvgIpc) is 2.09. The molecule has 0 bridgehead atoms. The normalized spacial score (nSPS) is 10.2. The highest BCUT2D eigenvalue weighted by atomic mass is 16.5. The van der Waals surface area contributed by atoms with E-state index in [1.165, 1.54) is 0 Å². The number of rotatable bonds is 4. The van der Waals surface area contributed by atoms with Gasteiger partial charge in [0.15, 0.2) is 0 Å². The Kier molecular flexibility index (Phi) is 6.39. The Labute approximate surface area is 75.6 Å². The molecule has 6 nitrogen and oxygen atoms in total. The molecule has 0 aliphatic heterocycles. The molecule has 0 aromatic heterocycles. The number of azo groups is 1. The predicted octanol–water partition coefficient (Wildman–Crippen LogP) is 2.44. The van der Waals surface area contributed by atoms with E-state index in [0.29, 0.717) is 0 Å². The Hall–Kier alpha value is -1.46. The number of unbranched alkanes of at least 4 members (excludes halogenated alkanes) is 2. The molecule has 13 heavy (non-hydrogen) atoms. The molecule has 0 fully saturated rings. The van der Waals surface area contributed by atoms with Crippen LogP contribution in [-0.4, -0.2) is 23.9 Å². The summed E-state index contributed by atoms with van der Waals surface area (Å²) in [5.41, 5.74) is 0. The van der Waals surface area contributed by atoms with Gasteiger partial charge in [-0.25, -0.2) is 9.59 Å². The molecular formula is C7H12N2O4. The summed E-state index contributed by atoms with van der Waals surface area (Å²) in [6.07, 6.45) is 0.270. The fourth-order valence-corrected chi connectivity index (χ4v) is 0.624. The van der Waals surface area contributed by atoms with Crippen LogP contribution in [0, 0.1) is 0 Å². The van der Waals surface area contributed by atoms with Gasteiger partial charge in [0.05, 0.1) is 6.61 Å². The van der Waals surface area contributed by atoms with Crippen molar-refractivity contribution in [3.05, 3.63) is 0 Å². The third-order valence-electron chi connectivity index (χ3n) is 1.19. The van der Waals surface area contributed by atoms with Crippen molar-refractivity contribution < 1.29 is 19.4 Å². The molecule has 0 heterocycles. The lowest BCUT2D eigenvalue weighted by atomic mass is 10.3. The van der Waals surface area contributed by atoms with Gasteiger partial charge in [-0.1, -0.05) is 30.0 Å². The van der Waals surface area contributed by atoms with Gasteiger partial charge in [-0.15, -0.1) is 0 Å². The van der Waals surface area contributed by atoms with Crippen LogP contribution >= 0.6 is 0 Å². The highest BCUT2D eigenvalue weighted by molar-refractivity contribution is 5.71. The van der Waals surface area contributed by atoms with Crippen molar-refractivity contribution in [2.45, 2.75) is 26.2 Å². The van der Waals surface area contributed by atoms with E-state index in [1.54, 1.807) is 0 Å². The van der Waals surface area contributed by atoms with Gasteiger partial charge in [-0.05, 0) is 6.42 Å². The molecule has 6 heteroatoms. The molecule has 0 aromatic rings. The second kappa shape index (κ2) is 7.20. The summed E-state index contributed by atoms with van der Waals surface area (Å²) in [6, 6.07) is 0. The van der Waals surface area contributed by atoms with Crippen LogP contribution in [0.3, 0.4) is 0 Å². The SMILES string of the molecule is CCCCCOC(=O)N=NC(=O)O. The van der Waals surface area contributed by atoms with Crippen molar-refractivity contribution >= 4 is 12.2 Å². The molecule has 74 valence electrons. The Balaban J connectivity index is 3.46. The number of nitrogens with zero attached hydrogens (tertiary/aromatic N) is 2. The quantitative estimate of drug-likeness (QED) is 0.542. The second-order valence-corrected chi connectivity index (χ2v) is 2.30. The molecule has 0 saturated carbocycles. The maximum absolute atomic E-state index is 10.6. The van der Waals surface area contributed by atoms with Crippen molar-refractivity contribution in [1.82, 2.24) is 0 Å². The van der Waals surface area contributed by atoms with Crippen LogP contribution in [0.2, 0.25) is 0 Å². The van der Waals surface area contributed by atoms with Gasteiger partial charge in [-0.3, -0.25) is 0 Å². The fourth-order valence-electron chi connectivity index (χ4n) is 0.624. The van der Waals surface area contributed by atoms with Gasteiger partial charge < -0.3 is 9.84 Å². The van der Waals surface area contributed by atoms with E-state index < -0.39 is 12.2 Å². The lowest BCUT2D eigenvalue weighted by molar-refractivity contribution is 0.151. The summed E-state index contributed by atoms with van der Waals surface area (Å²) in [5, 5.41) is 13.4. The van der Waals surface area contributed by atoms with E-state index in [4.69, 9.17) is 5.11 Å². The van der Waals surface area contributed by atoms with E-state index in [2.05, 4.69) is 15.0 Å². The Bertz CT molecular complexity index is 203. The zero-order chi connectivity index (χ0) is 10.1. The number of ether oxygens (including phenoxy) is 1. The molecule has 0 spiro atoms. The number of carbonyl (C=O) groups is 2. The first kappa shape index (κ1) is 11.5. The molecule has 0 aliphatic carbocycles. The third-order valence-corrected chi connectivity index (χ3v) is 1.19. The van der Waals surface area contributed by atoms with Crippen molar-refractivity contribution in [3.8, 4) is 0 Å². The molecule has 0 saturated heterocycles. The lowest BCUT2D eigenvalue weighted by Crippen LogP contribution is -2.00.